The van der Waals surface area contributed by atoms with Gasteiger partial charge in [0.05, 0.1) is 25.4 Å². The Labute approximate surface area is 189 Å². The fourth-order valence-corrected chi connectivity index (χ4v) is 3.47. The Morgan fingerprint density at radius 1 is 1.09 bits per heavy atom. The zero-order valence-electron chi connectivity index (χ0n) is 18.8. The second-order valence-electron chi connectivity index (χ2n) is 7.86. The number of rotatable bonds is 10. The van der Waals surface area contributed by atoms with Crippen LogP contribution in [0.15, 0.2) is 48.5 Å². The van der Waals surface area contributed by atoms with E-state index in [0.29, 0.717) is 24.4 Å². The molecule has 0 atom stereocenters. The number of morpholine rings is 1. The van der Waals surface area contributed by atoms with E-state index in [0.717, 1.165) is 44.1 Å². The molecule has 0 radical (unpaired) electrons. The summed E-state index contributed by atoms with van der Waals surface area (Å²) in [5.41, 5.74) is 2.86. The van der Waals surface area contributed by atoms with Gasteiger partial charge in [-0.3, -0.25) is 14.5 Å². The molecule has 1 fully saturated rings. The van der Waals surface area contributed by atoms with E-state index in [9.17, 15) is 9.59 Å². The second-order valence-corrected chi connectivity index (χ2v) is 7.86. The number of benzene rings is 2. The quantitative estimate of drug-likeness (QED) is 0.588. The van der Waals surface area contributed by atoms with E-state index >= 15 is 0 Å². The average molecular weight is 441 g/mol. The highest BCUT2D eigenvalue weighted by atomic mass is 16.5. The first kappa shape index (κ1) is 23.7. The summed E-state index contributed by atoms with van der Waals surface area (Å²) in [6.45, 7) is 4.86. The first-order valence-electron chi connectivity index (χ1n) is 10.8. The Morgan fingerprint density at radius 2 is 1.84 bits per heavy atom. The molecule has 172 valence electrons. The van der Waals surface area contributed by atoms with Crippen LogP contribution in [0.3, 0.4) is 0 Å². The monoisotopic (exact) mass is 440 g/mol. The normalized spacial score (nSPS) is 14.1. The van der Waals surface area contributed by atoms with Gasteiger partial charge in [0.1, 0.15) is 6.61 Å². The molecule has 0 bridgehead atoms. The number of ether oxygens (including phenoxy) is 2. The van der Waals surface area contributed by atoms with Crippen LogP contribution in [0.1, 0.15) is 15.9 Å². The number of carbonyl (C=O) groups is 2. The fraction of sp³-hybridized carbons (Fsp3) is 0.417. The maximum Gasteiger partial charge on any atom is 0.253 e. The van der Waals surface area contributed by atoms with Gasteiger partial charge in [0.25, 0.3) is 5.91 Å². The molecular formula is C24H32N4O4. The van der Waals surface area contributed by atoms with Gasteiger partial charge in [-0.05, 0) is 23.8 Å². The van der Waals surface area contributed by atoms with E-state index < -0.39 is 0 Å². The molecule has 2 aromatic carbocycles. The Bertz CT molecular complexity index is 883. The minimum Gasteiger partial charge on any atom is -0.379 e. The van der Waals surface area contributed by atoms with Crippen LogP contribution in [0.2, 0.25) is 0 Å². The predicted octanol–water partition coefficient (Wildman–Crippen LogP) is 1.97. The molecule has 1 heterocycles. The van der Waals surface area contributed by atoms with E-state index in [1.165, 1.54) is 0 Å². The maximum atomic E-state index is 12.9. The standard InChI is InChI=1S/C24H32N4O4/c1-27(2)22-9-8-20(26-23(29)18-32-17-19-6-4-3-5-7-19)16-21(22)24(30)25-10-11-28-12-14-31-15-13-28/h3-9,16H,10-15,17-18H2,1-2H3,(H,25,30)(H,26,29). The summed E-state index contributed by atoms with van der Waals surface area (Å²) < 4.78 is 10.8. The van der Waals surface area contributed by atoms with Crippen LogP contribution in [0.5, 0.6) is 0 Å². The van der Waals surface area contributed by atoms with Crippen molar-refractivity contribution < 1.29 is 19.1 Å². The van der Waals surface area contributed by atoms with Crippen molar-refractivity contribution in [1.82, 2.24) is 10.2 Å². The summed E-state index contributed by atoms with van der Waals surface area (Å²) in [6, 6.07) is 15.0. The van der Waals surface area contributed by atoms with Crippen LogP contribution in [-0.4, -0.2) is 76.8 Å². The van der Waals surface area contributed by atoms with Crippen molar-refractivity contribution in [1.29, 1.82) is 0 Å². The molecule has 0 aromatic heterocycles. The molecule has 2 N–H and O–H groups in total. The maximum absolute atomic E-state index is 12.9. The van der Waals surface area contributed by atoms with E-state index in [2.05, 4.69) is 15.5 Å². The van der Waals surface area contributed by atoms with Crippen LogP contribution in [0.25, 0.3) is 0 Å². The van der Waals surface area contributed by atoms with Gasteiger partial charge < -0.3 is 25.0 Å². The van der Waals surface area contributed by atoms with Crippen molar-refractivity contribution in [2.24, 2.45) is 0 Å². The fourth-order valence-electron chi connectivity index (χ4n) is 3.47. The number of hydrogen-bond acceptors (Lipinski definition) is 6. The van der Waals surface area contributed by atoms with Crippen LogP contribution in [0.4, 0.5) is 11.4 Å². The number of nitrogens with zero attached hydrogens (tertiary/aromatic N) is 2. The Morgan fingerprint density at radius 3 is 2.56 bits per heavy atom. The lowest BCUT2D eigenvalue weighted by Crippen LogP contribution is -2.41. The molecule has 32 heavy (non-hydrogen) atoms. The van der Waals surface area contributed by atoms with Crippen molar-refractivity contribution in [2.75, 3.05) is 70.3 Å². The Balaban J connectivity index is 1.54. The van der Waals surface area contributed by atoms with Gasteiger partial charge in [-0.15, -0.1) is 0 Å². The van der Waals surface area contributed by atoms with Crippen LogP contribution in [-0.2, 0) is 20.9 Å². The van der Waals surface area contributed by atoms with Crippen LogP contribution in [0, 0.1) is 0 Å². The van der Waals surface area contributed by atoms with Crippen LogP contribution < -0.4 is 15.5 Å². The molecule has 8 nitrogen and oxygen atoms in total. The summed E-state index contributed by atoms with van der Waals surface area (Å²) >= 11 is 0. The van der Waals surface area contributed by atoms with Gasteiger partial charge in [-0.1, -0.05) is 30.3 Å². The van der Waals surface area contributed by atoms with Crippen molar-refractivity contribution in [3.8, 4) is 0 Å². The zero-order valence-corrected chi connectivity index (χ0v) is 18.8. The SMILES string of the molecule is CN(C)c1ccc(NC(=O)COCc2ccccc2)cc1C(=O)NCCN1CCOCC1. The van der Waals surface area contributed by atoms with Crippen LogP contribution >= 0.6 is 0 Å². The highest BCUT2D eigenvalue weighted by Crippen LogP contribution is 2.23. The molecule has 1 aliphatic heterocycles. The lowest BCUT2D eigenvalue weighted by atomic mass is 10.1. The van der Waals surface area contributed by atoms with Crippen molar-refractivity contribution in [3.63, 3.8) is 0 Å². The van der Waals surface area contributed by atoms with E-state index in [-0.39, 0.29) is 18.4 Å². The van der Waals surface area contributed by atoms with Gasteiger partial charge in [-0.25, -0.2) is 0 Å². The zero-order chi connectivity index (χ0) is 22.8. The highest BCUT2D eigenvalue weighted by Gasteiger charge is 2.16. The largest absolute Gasteiger partial charge is 0.379 e. The summed E-state index contributed by atoms with van der Waals surface area (Å²) in [7, 11) is 3.77. The topological polar surface area (TPSA) is 83.1 Å². The van der Waals surface area contributed by atoms with E-state index in [4.69, 9.17) is 9.47 Å². The number of anilines is 2. The molecule has 2 aromatic rings. The molecule has 3 rings (SSSR count). The van der Waals surface area contributed by atoms with Gasteiger partial charge in [-0.2, -0.15) is 0 Å². The molecule has 1 aliphatic rings. The molecular weight excluding hydrogens is 408 g/mol. The molecule has 0 spiro atoms. The van der Waals surface area contributed by atoms with Gasteiger partial charge in [0.2, 0.25) is 5.91 Å². The summed E-state index contributed by atoms with van der Waals surface area (Å²) in [5.74, 6) is -0.435. The van der Waals surface area contributed by atoms with Gasteiger partial charge in [0.15, 0.2) is 0 Å². The average Bonchev–Trinajstić information content (AvgIpc) is 2.80. The van der Waals surface area contributed by atoms with E-state index in [1.54, 1.807) is 12.1 Å². The summed E-state index contributed by atoms with van der Waals surface area (Å²) in [5, 5.41) is 5.80. The summed E-state index contributed by atoms with van der Waals surface area (Å²) in [6.07, 6.45) is 0. The Hall–Kier alpha value is -2.94. The van der Waals surface area contributed by atoms with Crippen molar-refractivity contribution >= 4 is 23.2 Å². The predicted molar refractivity (Wildman–Crippen MR) is 125 cm³/mol. The van der Waals surface area contributed by atoms with Gasteiger partial charge in [0, 0.05) is 51.6 Å². The number of amides is 2. The third-order valence-corrected chi connectivity index (χ3v) is 5.17. The third-order valence-electron chi connectivity index (χ3n) is 5.17. The minimum absolute atomic E-state index is 0.0641. The number of carbonyl (C=O) groups excluding carboxylic acids is 2. The smallest absolute Gasteiger partial charge is 0.253 e. The Kier molecular flexibility index (Phi) is 9.03. The first-order chi connectivity index (χ1) is 15.5. The lowest BCUT2D eigenvalue weighted by Gasteiger charge is -2.26. The third kappa shape index (κ3) is 7.33. The van der Waals surface area contributed by atoms with Gasteiger partial charge >= 0.3 is 0 Å². The van der Waals surface area contributed by atoms with Crippen molar-refractivity contribution in [2.45, 2.75) is 6.61 Å². The molecule has 2 amide bonds. The molecule has 0 aliphatic carbocycles. The lowest BCUT2D eigenvalue weighted by molar-refractivity contribution is -0.121. The summed E-state index contributed by atoms with van der Waals surface area (Å²) in [4.78, 5) is 29.3. The number of nitrogens with one attached hydrogen (secondary N) is 2. The molecule has 0 unspecified atom stereocenters. The molecule has 1 saturated heterocycles. The minimum atomic E-state index is -0.266. The van der Waals surface area contributed by atoms with E-state index in [1.807, 2.05) is 55.4 Å². The molecule has 0 saturated carbocycles. The first-order valence-corrected chi connectivity index (χ1v) is 10.8. The molecule has 8 heteroatoms. The highest BCUT2D eigenvalue weighted by molar-refractivity contribution is 6.02. The second kappa shape index (κ2) is 12.2. The number of hydrogen-bond donors (Lipinski definition) is 2. The van der Waals surface area contributed by atoms with Crippen molar-refractivity contribution in [3.05, 3.63) is 59.7 Å².